The average molecular weight is 351 g/mol. The van der Waals surface area contributed by atoms with Gasteiger partial charge in [0, 0.05) is 19.2 Å². The summed E-state index contributed by atoms with van der Waals surface area (Å²) in [5.41, 5.74) is 0.178. The zero-order chi connectivity index (χ0) is 17.7. The Morgan fingerprint density at radius 1 is 1.08 bits per heavy atom. The Hall–Kier alpha value is -2.25. The molecular weight excluding hydrogens is 333 g/mol. The monoisotopic (exact) mass is 351 g/mol. The minimum absolute atomic E-state index is 0.0832. The van der Waals surface area contributed by atoms with Gasteiger partial charge < -0.3 is 4.74 Å². The molecule has 24 heavy (non-hydrogen) atoms. The smallest absolute Gasteiger partial charge is 0.343 e. The summed E-state index contributed by atoms with van der Waals surface area (Å²) in [6, 6.07) is 10.7. The fourth-order valence-electron chi connectivity index (χ4n) is 2.17. The molecule has 0 radical (unpaired) electrons. The standard InChI is InChI=1S/C17H18FNO4S/c1-3-19(4-2)24(21,22)16-10-8-13(9-11-16)17(20)23-15-7-5-6-14(18)12-15/h5-12H,3-4H2,1-2H3. The van der Waals surface area contributed by atoms with Crippen LogP contribution in [0.4, 0.5) is 4.39 Å². The summed E-state index contributed by atoms with van der Waals surface area (Å²) < 4.78 is 44.2. The first-order valence-corrected chi connectivity index (χ1v) is 8.90. The van der Waals surface area contributed by atoms with Crippen LogP contribution in [-0.2, 0) is 10.0 Å². The maximum absolute atomic E-state index is 13.1. The van der Waals surface area contributed by atoms with E-state index in [0.717, 1.165) is 6.07 Å². The molecule has 0 spiro atoms. The number of ether oxygens (including phenoxy) is 1. The summed E-state index contributed by atoms with van der Waals surface area (Å²) in [6.45, 7) is 4.24. The van der Waals surface area contributed by atoms with Crippen molar-refractivity contribution in [2.45, 2.75) is 18.7 Å². The van der Waals surface area contributed by atoms with Gasteiger partial charge in [0.25, 0.3) is 0 Å². The Labute approximate surface area is 140 Å². The molecule has 0 fully saturated rings. The molecule has 0 N–H and O–H groups in total. The van der Waals surface area contributed by atoms with Gasteiger partial charge in [-0.2, -0.15) is 4.31 Å². The fourth-order valence-corrected chi connectivity index (χ4v) is 3.63. The van der Waals surface area contributed by atoms with Gasteiger partial charge in [0.05, 0.1) is 10.5 Å². The van der Waals surface area contributed by atoms with Crippen molar-refractivity contribution >= 4 is 16.0 Å². The van der Waals surface area contributed by atoms with E-state index in [1.165, 1.54) is 46.8 Å². The van der Waals surface area contributed by atoms with Gasteiger partial charge in [0.1, 0.15) is 11.6 Å². The number of hydrogen-bond donors (Lipinski definition) is 0. The van der Waals surface area contributed by atoms with Crippen LogP contribution >= 0.6 is 0 Å². The van der Waals surface area contributed by atoms with Crippen molar-refractivity contribution in [1.82, 2.24) is 4.31 Å². The van der Waals surface area contributed by atoms with Crippen LogP contribution in [0, 0.1) is 5.82 Å². The van der Waals surface area contributed by atoms with E-state index in [-0.39, 0.29) is 16.2 Å². The maximum Gasteiger partial charge on any atom is 0.343 e. The average Bonchev–Trinajstić information content (AvgIpc) is 2.56. The molecule has 0 atom stereocenters. The minimum Gasteiger partial charge on any atom is -0.423 e. The van der Waals surface area contributed by atoms with Gasteiger partial charge in [-0.1, -0.05) is 19.9 Å². The molecule has 2 aromatic carbocycles. The van der Waals surface area contributed by atoms with Crippen LogP contribution in [0.1, 0.15) is 24.2 Å². The van der Waals surface area contributed by atoms with Crippen molar-refractivity contribution in [1.29, 1.82) is 0 Å². The molecule has 128 valence electrons. The van der Waals surface area contributed by atoms with Crippen molar-refractivity contribution in [2.24, 2.45) is 0 Å². The molecular formula is C17H18FNO4S. The molecule has 0 aliphatic carbocycles. The lowest BCUT2D eigenvalue weighted by Gasteiger charge is -2.18. The predicted octanol–water partition coefficient (Wildman–Crippen LogP) is 3.08. The van der Waals surface area contributed by atoms with E-state index in [0.29, 0.717) is 13.1 Å². The van der Waals surface area contributed by atoms with E-state index in [9.17, 15) is 17.6 Å². The number of carbonyl (C=O) groups excluding carboxylic acids is 1. The molecule has 0 aromatic heterocycles. The lowest BCUT2D eigenvalue weighted by Crippen LogP contribution is -2.30. The molecule has 5 nitrogen and oxygen atoms in total. The molecule has 0 aliphatic rings. The third-order valence-electron chi connectivity index (χ3n) is 3.44. The van der Waals surface area contributed by atoms with Crippen molar-refractivity contribution in [2.75, 3.05) is 13.1 Å². The minimum atomic E-state index is -3.58. The van der Waals surface area contributed by atoms with Gasteiger partial charge in [-0.15, -0.1) is 0 Å². The van der Waals surface area contributed by atoms with E-state index >= 15 is 0 Å². The first-order valence-electron chi connectivity index (χ1n) is 7.46. The Kier molecular flexibility index (Phi) is 5.69. The highest BCUT2D eigenvalue weighted by Crippen LogP contribution is 2.18. The number of esters is 1. The van der Waals surface area contributed by atoms with Crippen LogP contribution in [0.3, 0.4) is 0 Å². The summed E-state index contributed by atoms with van der Waals surface area (Å²) in [7, 11) is -3.58. The van der Waals surface area contributed by atoms with Gasteiger partial charge in [0.15, 0.2) is 0 Å². The van der Waals surface area contributed by atoms with Crippen LogP contribution in [-0.4, -0.2) is 31.8 Å². The van der Waals surface area contributed by atoms with Crippen LogP contribution in [0.2, 0.25) is 0 Å². The molecule has 0 saturated carbocycles. The summed E-state index contributed by atoms with van der Waals surface area (Å²) in [5.74, 6) is -1.12. The first kappa shape index (κ1) is 18.1. The van der Waals surface area contributed by atoms with Gasteiger partial charge in [-0.05, 0) is 36.4 Å². The molecule has 0 bridgehead atoms. The number of benzene rings is 2. The molecule has 2 rings (SSSR count). The Balaban J connectivity index is 2.18. The second-order valence-electron chi connectivity index (χ2n) is 4.96. The van der Waals surface area contributed by atoms with Gasteiger partial charge >= 0.3 is 5.97 Å². The quantitative estimate of drug-likeness (QED) is 0.593. The maximum atomic E-state index is 13.1. The van der Waals surface area contributed by atoms with Crippen LogP contribution in [0.25, 0.3) is 0 Å². The van der Waals surface area contributed by atoms with Crippen molar-refractivity contribution in [3.63, 3.8) is 0 Å². The fraction of sp³-hybridized carbons (Fsp3) is 0.235. The number of halogens is 1. The van der Waals surface area contributed by atoms with Gasteiger partial charge in [-0.25, -0.2) is 17.6 Å². The number of nitrogens with zero attached hydrogens (tertiary/aromatic N) is 1. The predicted molar refractivity (Wildman–Crippen MR) is 87.9 cm³/mol. The zero-order valence-electron chi connectivity index (χ0n) is 13.4. The molecule has 0 aliphatic heterocycles. The second-order valence-corrected chi connectivity index (χ2v) is 6.90. The first-order chi connectivity index (χ1) is 11.4. The third-order valence-corrected chi connectivity index (χ3v) is 5.50. The summed E-state index contributed by atoms with van der Waals surface area (Å²) >= 11 is 0. The van der Waals surface area contributed by atoms with Crippen molar-refractivity contribution < 1.29 is 22.3 Å². The number of carbonyl (C=O) groups is 1. The van der Waals surface area contributed by atoms with E-state index in [2.05, 4.69) is 0 Å². The zero-order valence-corrected chi connectivity index (χ0v) is 14.2. The van der Waals surface area contributed by atoms with Crippen LogP contribution in [0.15, 0.2) is 53.4 Å². The van der Waals surface area contributed by atoms with Gasteiger partial charge in [0.2, 0.25) is 10.0 Å². The molecule has 7 heteroatoms. The summed E-state index contributed by atoms with van der Waals surface area (Å²) in [6.07, 6.45) is 0. The second kappa shape index (κ2) is 7.55. The number of sulfonamides is 1. The summed E-state index contributed by atoms with van der Waals surface area (Å²) in [5, 5.41) is 0. The number of hydrogen-bond acceptors (Lipinski definition) is 4. The lowest BCUT2D eigenvalue weighted by atomic mass is 10.2. The van der Waals surface area contributed by atoms with Crippen molar-refractivity contribution in [3.8, 4) is 5.75 Å². The van der Waals surface area contributed by atoms with E-state index in [1.807, 2.05) is 0 Å². The van der Waals surface area contributed by atoms with E-state index in [1.54, 1.807) is 13.8 Å². The highest BCUT2D eigenvalue weighted by Gasteiger charge is 2.21. The SMILES string of the molecule is CCN(CC)S(=O)(=O)c1ccc(C(=O)Oc2cccc(F)c2)cc1. The van der Waals surface area contributed by atoms with Crippen LogP contribution in [0.5, 0.6) is 5.75 Å². The molecule has 0 heterocycles. The topological polar surface area (TPSA) is 63.7 Å². The Morgan fingerprint density at radius 3 is 2.25 bits per heavy atom. The van der Waals surface area contributed by atoms with E-state index < -0.39 is 21.8 Å². The highest BCUT2D eigenvalue weighted by molar-refractivity contribution is 7.89. The Bertz CT molecular complexity index is 815. The summed E-state index contributed by atoms with van der Waals surface area (Å²) in [4.78, 5) is 12.1. The molecule has 0 amide bonds. The lowest BCUT2D eigenvalue weighted by molar-refractivity contribution is 0.0734. The molecule has 2 aromatic rings. The Morgan fingerprint density at radius 2 is 1.71 bits per heavy atom. The van der Waals surface area contributed by atoms with Crippen LogP contribution < -0.4 is 4.74 Å². The largest absolute Gasteiger partial charge is 0.423 e. The normalized spacial score (nSPS) is 11.5. The third kappa shape index (κ3) is 3.98. The van der Waals surface area contributed by atoms with E-state index in [4.69, 9.17) is 4.74 Å². The molecule has 0 saturated heterocycles. The van der Waals surface area contributed by atoms with Crippen molar-refractivity contribution in [3.05, 3.63) is 59.9 Å². The highest BCUT2D eigenvalue weighted by atomic mass is 32.2. The number of rotatable bonds is 6. The van der Waals surface area contributed by atoms with Gasteiger partial charge in [-0.3, -0.25) is 0 Å². The molecule has 0 unspecified atom stereocenters.